The van der Waals surface area contributed by atoms with Gasteiger partial charge in [0.1, 0.15) is 10.8 Å². The van der Waals surface area contributed by atoms with Crippen molar-refractivity contribution >= 4 is 11.3 Å². The first-order chi connectivity index (χ1) is 8.02. The van der Waals surface area contributed by atoms with Crippen LogP contribution >= 0.6 is 11.3 Å². The normalized spacial score (nSPS) is 11.5. The van der Waals surface area contributed by atoms with Crippen LogP contribution in [0.1, 0.15) is 26.3 Å². The van der Waals surface area contributed by atoms with Crippen molar-refractivity contribution in [1.82, 2.24) is 4.98 Å². The predicted molar refractivity (Wildman–Crippen MR) is 72.8 cm³/mol. The fraction of sp³-hybridized carbons (Fsp3) is 0.357. The quantitative estimate of drug-likeness (QED) is 0.796. The van der Waals surface area contributed by atoms with E-state index in [0.29, 0.717) is 0 Å². The molecule has 17 heavy (non-hydrogen) atoms. The van der Waals surface area contributed by atoms with E-state index in [4.69, 9.17) is 4.74 Å². The maximum atomic E-state index is 5.43. The minimum Gasteiger partial charge on any atom is -0.496 e. The Kier molecular flexibility index (Phi) is 3.20. The average Bonchev–Trinajstić information content (AvgIpc) is 2.80. The summed E-state index contributed by atoms with van der Waals surface area (Å²) in [5.41, 5.74) is 2.44. The minimum absolute atomic E-state index is 0.0681. The molecule has 2 aromatic rings. The molecule has 0 amide bonds. The first-order valence-corrected chi connectivity index (χ1v) is 6.49. The molecule has 0 aliphatic heterocycles. The summed E-state index contributed by atoms with van der Waals surface area (Å²) in [6.45, 7) is 6.57. The number of nitrogens with zero attached hydrogens (tertiary/aromatic N) is 1. The molecule has 0 spiro atoms. The zero-order chi connectivity index (χ0) is 12.5. The Morgan fingerprint density at radius 1 is 1.24 bits per heavy atom. The van der Waals surface area contributed by atoms with Crippen LogP contribution in [0.25, 0.3) is 10.6 Å². The largest absolute Gasteiger partial charge is 0.496 e. The number of aromatic nitrogens is 1. The van der Waals surface area contributed by atoms with Gasteiger partial charge in [-0.1, -0.05) is 20.8 Å². The number of thiazole rings is 1. The van der Waals surface area contributed by atoms with E-state index in [1.807, 2.05) is 17.6 Å². The first-order valence-electron chi connectivity index (χ1n) is 5.61. The molecule has 0 aliphatic rings. The second-order valence-corrected chi connectivity index (χ2v) is 5.90. The molecule has 3 heteroatoms. The second-order valence-electron chi connectivity index (χ2n) is 5.00. The summed E-state index contributed by atoms with van der Waals surface area (Å²) in [6, 6.07) is 6.27. The highest BCUT2D eigenvalue weighted by Crippen LogP contribution is 2.35. The van der Waals surface area contributed by atoms with Crippen molar-refractivity contribution in [1.29, 1.82) is 0 Å². The van der Waals surface area contributed by atoms with Crippen LogP contribution in [0.2, 0.25) is 0 Å². The van der Waals surface area contributed by atoms with E-state index >= 15 is 0 Å². The molecule has 2 rings (SSSR count). The lowest BCUT2D eigenvalue weighted by molar-refractivity contribution is 0.397. The highest BCUT2D eigenvalue weighted by molar-refractivity contribution is 7.13. The minimum atomic E-state index is 0.0681. The molecule has 0 saturated heterocycles. The molecule has 0 aliphatic carbocycles. The van der Waals surface area contributed by atoms with E-state index in [2.05, 4.69) is 37.9 Å². The summed E-state index contributed by atoms with van der Waals surface area (Å²) < 4.78 is 5.43. The van der Waals surface area contributed by atoms with E-state index < -0.39 is 0 Å². The molecule has 1 aromatic carbocycles. The van der Waals surface area contributed by atoms with Gasteiger partial charge >= 0.3 is 0 Å². The van der Waals surface area contributed by atoms with Gasteiger partial charge in [-0.2, -0.15) is 0 Å². The SMILES string of the molecule is COc1ccc(-c2nccs2)cc1C(C)(C)C. The van der Waals surface area contributed by atoms with Crippen molar-refractivity contribution in [2.75, 3.05) is 7.11 Å². The third kappa shape index (κ3) is 2.50. The summed E-state index contributed by atoms with van der Waals surface area (Å²) >= 11 is 1.66. The lowest BCUT2D eigenvalue weighted by atomic mass is 9.85. The molecule has 0 radical (unpaired) electrons. The molecular weight excluding hydrogens is 230 g/mol. The third-order valence-corrected chi connectivity index (χ3v) is 3.51. The highest BCUT2D eigenvalue weighted by atomic mass is 32.1. The van der Waals surface area contributed by atoms with Gasteiger partial charge in [0, 0.05) is 22.7 Å². The lowest BCUT2D eigenvalue weighted by Crippen LogP contribution is -2.12. The van der Waals surface area contributed by atoms with Crippen LogP contribution in [0, 0.1) is 0 Å². The van der Waals surface area contributed by atoms with Crippen LogP contribution in [0.4, 0.5) is 0 Å². The van der Waals surface area contributed by atoms with Crippen molar-refractivity contribution in [2.45, 2.75) is 26.2 Å². The monoisotopic (exact) mass is 247 g/mol. The Bertz CT molecular complexity index is 497. The van der Waals surface area contributed by atoms with Crippen LogP contribution in [-0.2, 0) is 5.41 Å². The zero-order valence-corrected chi connectivity index (χ0v) is 11.5. The van der Waals surface area contributed by atoms with Crippen molar-refractivity contribution in [2.24, 2.45) is 0 Å². The number of hydrogen-bond acceptors (Lipinski definition) is 3. The number of methoxy groups -OCH3 is 1. The predicted octanol–water partition coefficient (Wildman–Crippen LogP) is 4.12. The number of ether oxygens (including phenoxy) is 1. The van der Waals surface area contributed by atoms with Crippen LogP contribution in [0.15, 0.2) is 29.8 Å². The van der Waals surface area contributed by atoms with Gasteiger partial charge in [-0.05, 0) is 23.6 Å². The van der Waals surface area contributed by atoms with Crippen molar-refractivity contribution in [3.8, 4) is 16.3 Å². The van der Waals surface area contributed by atoms with Crippen molar-refractivity contribution in [3.05, 3.63) is 35.3 Å². The number of benzene rings is 1. The second kappa shape index (κ2) is 4.49. The third-order valence-electron chi connectivity index (χ3n) is 2.69. The summed E-state index contributed by atoms with van der Waals surface area (Å²) in [5, 5.41) is 3.05. The summed E-state index contributed by atoms with van der Waals surface area (Å²) in [4.78, 5) is 4.34. The molecule has 0 saturated carbocycles. The fourth-order valence-electron chi connectivity index (χ4n) is 1.79. The summed E-state index contributed by atoms with van der Waals surface area (Å²) in [7, 11) is 1.72. The van der Waals surface area contributed by atoms with E-state index in [1.54, 1.807) is 18.4 Å². The smallest absolute Gasteiger partial charge is 0.123 e. The van der Waals surface area contributed by atoms with Gasteiger partial charge in [0.2, 0.25) is 0 Å². The molecular formula is C14H17NOS. The van der Waals surface area contributed by atoms with Gasteiger partial charge in [-0.3, -0.25) is 0 Å². The fourth-order valence-corrected chi connectivity index (χ4v) is 2.43. The van der Waals surface area contributed by atoms with Crippen LogP contribution in [0.5, 0.6) is 5.75 Å². The van der Waals surface area contributed by atoms with Gasteiger partial charge in [0.05, 0.1) is 7.11 Å². The Labute approximate surface area is 106 Å². The van der Waals surface area contributed by atoms with Crippen LogP contribution in [-0.4, -0.2) is 12.1 Å². The molecule has 1 aromatic heterocycles. The molecule has 0 unspecified atom stereocenters. The molecule has 1 heterocycles. The molecule has 0 N–H and O–H groups in total. The summed E-state index contributed by atoms with van der Waals surface area (Å²) in [6.07, 6.45) is 1.83. The van der Waals surface area contributed by atoms with Gasteiger partial charge in [-0.15, -0.1) is 11.3 Å². The van der Waals surface area contributed by atoms with Crippen molar-refractivity contribution < 1.29 is 4.74 Å². The van der Waals surface area contributed by atoms with E-state index in [-0.39, 0.29) is 5.41 Å². The van der Waals surface area contributed by atoms with E-state index in [0.717, 1.165) is 16.3 Å². The Balaban J connectivity index is 2.53. The highest BCUT2D eigenvalue weighted by Gasteiger charge is 2.19. The number of rotatable bonds is 2. The van der Waals surface area contributed by atoms with Crippen LogP contribution < -0.4 is 4.74 Å². The maximum absolute atomic E-state index is 5.43. The average molecular weight is 247 g/mol. The Morgan fingerprint density at radius 2 is 2.00 bits per heavy atom. The molecule has 0 fully saturated rings. The molecule has 2 nitrogen and oxygen atoms in total. The van der Waals surface area contributed by atoms with E-state index in [1.165, 1.54) is 5.56 Å². The van der Waals surface area contributed by atoms with Gasteiger partial charge < -0.3 is 4.74 Å². The van der Waals surface area contributed by atoms with Gasteiger partial charge in [-0.25, -0.2) is 4.98 Å². The zero-order valence-electron chi connectivity index (χ0n) is 10.7. The topological polar surface area (TPSA) is 22.1 Å². The van der Waals surface area contributed by atoms with Gasteiger partial charge in [0.15, 0.2) is 0 Å². The maximum Gasteiger partial charge on any atom is 0.123 e. The standard InChI is InChI=1S/C14H17NOS/c1-14(2,3)11-9-10(5-6-12(11)16-4)13-15-7-8-17-13/h5-9H,1-4H3. The summed E-state index contributed by atoms with van der Waals surface area (Å²) in [5.74, 6) is 0.942. The number of hydrogen-bond donors (Lipinski definition) is 0. The molecule has 90 valence electrons. The Hall–Kier alpha value is -1.35. The van der Waals surface area contributed by atoms with Crippen molar-refractivity contribution in [3.63, 3.8) is 0 Å². The Morgan fingerprint density at radius 3 is 2.53 bits per heavy atom. The molecule has 0 bridgehead atoms. The van der Waals surface area contributed by atoms with Crippen LogP contribution in [0.3, 0.4) is 0 Å². The van der Waals surface area contributed by atoms with Gasteiger partial charge in [0.25, 0.3) is 0 Å². The first kappa shape index (κ1) is 12.1. The molecule has 0 atom stereocenters. The lowest BCUT2D eigenvalue weighted by Gasteiger charge is -2.22. The van der Waals surface area contributed by atoms with E-state index in [9.17, 15) is 0 Å².